The van der Waals surface area contributed by atoms with Crippen LogP contribution in [0.15, 0.2) is 24.3 Å². The number of likely N-dealkylation sites (tertiary alicyclic amines) is 1. The Morgan fingerprint density at radius 3 is 2.59 bits per heavy atom. The highest BCUT2D eigenvalue weighted by atomic mass is 35.5. The van der Waals surface area contributed by atoms with Crippen molar-refractivity contribution in [2.24, 2.45) is 0 Å². The zero-order valence-electron chi connectivity index (χ0n) is 14.3. The minimum Gasteiger partial charge on any atom is -0.334 e. The third kappa shape index (κ3) is 3.44. The van der Waals surface area contributed by atoms with Crippen LogP contribution in [-0.4, -0.2) is 48.0 Å². The molecule has 2 aliphatic heterocycles. The number of hydrogen-bond acceptors (Lipinski definition) is 5. The largest absolute Gasteiger partial charge is 0.334 e. The maximum absolute atomic E-state index is 12.5. The van der Waals surface area contributed by atoms with Gasteiger partial charge in [-0.3, -0.25) is 9.59 Å². The van der Waals surface area contributed by atoms with Gasteiger partial charge >= 0.3 is 11.8 Å². The zero-order chi connectivity index (χ0) is 19.2. The van der Waals surface area contributed by atoms with Gasteiger partial charge in [-0.2, -0.15) is 5.10 Å². The van der Waals surface area contributed by atoms with Gasteiger partial charge in [-0.05, 0) is 31.0 Å². The average Bonchev–Trinajstić information content (AvgIpc) is 3.30. The number of sulfone groups is 1. The summed E-state index contributed by atoms with van der Waals surface area (Å²) in [6.07, 6.45) is 1.74. The van der Waals surface area contributed by atoms with Gasteiger partial charge in [0.15, 0.2) is 9.84 Å². The molecular weight excluding hydrogens is 392 g/mol. The first-order valence-corrected chi connectivity index (χ1v) is 10.7. The number of aromatic nitrogens is 2. The van der Waals surface area contributed by atoms with E-state index in [4.69, 9.17) is 11.6 Å². The molecule has 142 valence electrons. The second-order valence-electron chi connectivity index (χ2n) is 6.65. The molecule has 0 spiro atoms. The molecule has 2 amide bonds. The molecule has 27 heavy (non-hydrogen) atoms. The first-order valence-electron chi connectivity index (χ1n) is 8.51. The number of carbonyl (C=O) groups excluding carboxylic acids is 2. The number of amides is 2. The Bertz CT molecular complexity index is 1040. The molecule has 1 aromatic heterocycles. The lowest BCUT2D eigenvalue weighted by Gasteiger charge is -2.16. The van der Waals surface area contributed by atoms with Gasteiger partial charge in [0, 0.05) is 23.7 Å². The SMILES string of the molecule is O=C(Nc1c2c(nn1-c1cccc(Cl)c1)CS(=O)(=O)C2)C(=O)N1CCCC1. The maximum Gasteiger partial charge on any atom is 0.315 e. The number of benzene rings is 1. The third-order valence-electron chi connectivity index (χ3n) is 4.66. The molecule has 4 rings (SSSR count). The summed E-state index contributed by atoms with van der Waals surface area (Å²) in [6.45, 7) is 1.10. The van der Waals surface area contributed by atoms with Crippen LogP contribution in [0.5, 0.6) is 0 Å². The Morgan fingerprint density at radius 1 is 1.15 bits per heavy atom. The minimum absolute atomic E-state index is 0.196. The quantitative estimate of drug-likeness (QED) is 0.759. The van der Waals surface area contributed by atoms with Crippen LogP contribution in [0.25, 0.3) is 5.69 Å². The van der Waals surface area contributed by atoms with E-state index in [0.29, 0.717) is 35.1 Å². The Labute approximate surface area is 161 Å². The van der Waals surface area contributed by atoms with E-state index >= 15 is 0 Å². The van der Waals surface area contributed by atoms with Crippen molar-refractivity contribution in [2.45, 2.75) is 24.3 Å². The summed E-state index contributed by atoms with van der Waals surface area (Å²) in [5.41, 5.74) is 1.36. The predicted octanol–water partition coefficient (Wildman–Crippen LogP) is 1.51. The maximum atomic E-state index is 12.5. The Hall–Kier alpha value is -2.39. The monoisotopic (exact) mass is 408 g/mol. The van der Waals surface area contributed by atoms with Crippen molar-refractivity contribution in [1.29, 1.82) is 0 Å². The van der Waals surface area contributed by atoms with Gasteiger partial charge in [0.25, 0.3) is 0 Å². The first kappa shape index (κ1) is 18.0. The van der Waals surface area contributed by atoms with E-state index in [1.54, 1.807) is 24.3 Å². The van der Waals surface area contributed by atoms with Gasteiger partial charge < -0.3 is 10.2 Å². The number of nitrogens with zero attached hydrogens (tertiary/aromatic N) is 3. The highest BCUT2D eigenvalue weighted by Gasteiger charge is 2.34. The van der Waals surface area contributed by atoms with Crippen molar-refractivity contribution in [1.82, 2.24) is 14.7 Å². The minimum atomic E-state index is -3.31. The van der Waals surface area contributed by atoms with Crippen molar-refractivity contribution in [3.05, 3.63) is 40.5 Å². The Morgan fingerprint density at radius 2 is 1.89 bits per heavy atom. The summed E-state index contributed by atoms with van der Waals surface area (Å²) < 4.78 is 25.4. The normalized spacial score (nSPS) is 17.7. The second-order valence-corrected chi connectivity index (χ2v) is 9.15. The van der Waals surface area contributed by atoms with Gasteiger partial charge in [0.1, 0.15) is 5.82 Å². The smallest absolute Gasteiger partial charge is 0.315 e. The number of halogens is 1. The highest BCUT2D eigenvalue weighted by Crippen LogP contribution is 2.33. The lowest BCUT2D eigenvalue weighted by molar-refractivity contribution is -0.142. The molecule has 1 N–H and O–H groups in total. The van der Waals surface area contributed by atoms with E-state index in [2.05, 4.69) is 10.4 Å². The van der Waals surface area contributed by atoms with Crippen LogP contribution in [0.2, 0.25) is 5.02 Å². The molecule has 1 aromatic carbocycles. The van der Waals surface area contributed by atoms with Crippen molar-refractivity contribution in [3.63, 3.8) is 0 Å². The Kier molecular flexibility index (Phi) is 4.43. The lowest BCUT2D eigenvalue weighted by atomic mass is 10.2. The van der Waals surface area contributed by atoms with E-state index in [-0.39, 0.29) is 17.3 Å². The molecular formula is C17H17ClN4O4S. The van der Waals surface area contributed by atoms with Gasteiger partial charge in [0.2, 0.25) is 0 Å². The van der Waals surface area contributed by atoms with Crippen LogP contribution in [0.4, 0.5) is 5.82 Å². The molecule has 0 bridgehead atoms. The third-order valence-corrected chi connectivity index (χ3v) is 6.34. The fourth-order valence-corrected chi connectivity index (χ4v) is 5.07. The number of fused-ring (bicyclic) bond motifs is 1. The molecule has 1 saturated heterocycles. The molecule has 10 heteroatoms. The summed E-state index contributed by atoms with van der Waals surface area (Å²) in [6, 6.07) is 6.81. The predicted molar refractivity (Wildman–Crippen MR) is 99.3 cm³/mol. The molecule has 0 unspecified atom stereocenters. The zero-order valence-corrected chi connectivity index (χ0v) is 15.9. The highest BCUT2D eigenvalue weighted by molar-refractivity contribution is 7.90. The van der Waals surface area contributed by atoms with E-state index in [1.807, 2.05) is 0 Å². The van der Waals surface area contributed by atoms with Crippen LogP contribution in [0, 0.1) is 0 Å². The van der Waals surface area contributed by atoms with Gasteiger partial charge in [0.05, 0.1) is 22.9 Å². The van der Waals surface area contributed by atoms with Crippen LogP contribution in [0.1, 0.15) is 24.1 Å². The van der Waals surface area contributed by atoms with Crippen LogP contribution < -0.4 is 5.32 Å². The summed E-state index contributed by atoms with van der Waals surface area (Å²) in [5.74, 6) is -1.64. The average molecular weight is 409 g/mol. The molecule has 8 nitrogen and oxygen atoms in total. The van der Waals surface area contributed by atoms with E-state index < -0.39 is 21.7 Å². The number of carbonyl (C=O) groups is 2. The number of anilines is 1. The molecule has 1 fully saturated rings. The van der Waals surface area contributed by atoms with Crippen LogP contribution >= 0.6 is 11.6 Å². The topological polar surface area (TPSA) is 101 Å². The molecule has 0 atom stereocenters. The number of rotatable bonds is 2. The fraction of sp³-hybridized carbons (Fsp3) is 0.353. The van der Waals surface area contributed by atoms with E-state index in [1.165, 1.54) is 9.58 Å². The molecule has 0 saturated carbocycles. The van der Waals surface area contributed by atoms with E-state index in [0.717, 1.165) is 12.8 Å². The van der Waals surface area contributed by atoms with Crippen molar-refractivity contribution in [3.8, 4) is 5.69 Å². The van der Waals surface area contributed by atoms with Crippen molar-refractivity contribution >= 4 is 39.1 Å². The summed E-state index contributed by atoms with van der Waals surface area (Å²) >= 11 is 6.04. The van der Waals surface area contributed by atoms with Gasteiger partial charge in [-0.1, -0.05) is 17.7 Å². The summed E-state index contributed by atoms with van der Waals surface area (Å²) in [7, 11) is -3.31. The van der Waals surface area contributed by atoms with Crippen molar-refractivity contribution < 1.29 is 18.0 Å². The van der Waals surface area contributed by atoms with Crippen LogP contribution in [0.3, 0.4) is 0 Å². The number of hydrogen-bond donors (Lipinski definition) is 1. The number of nitrogens with one attached hydrogen (secondary N) is 1. The van der Waals surface area contributed by atoms with Crippen LogP contribution in [-0.2, 0) is 30.9 Å². The van der Waals surface area contributed by atoms with Crippen molar-refractivity contribution in [2.75, 3.05) is 18.4 Å². The fourth-order valence-electron chi connectivity index (χ4n) is 3.39. The molecule has 0 aliphatic carbocycles. The molecule has 2 aliphatic rings. The summed E-state index contributed by atoms with van der Waals surface area (Å²) in [4.78, 5) is 26.3. The van der Waals surface area contributed by atoms with Gasteiger partial charge in [-0.15, -0.1) is 0 Å². The second kappa shape index (κ2) is 6.65. The Balaban J connectivity index is 1.72. The molecule has 2 aromatic rings. The first-order chi connectivity index (χ1) is 12.8. The molecule has 0 radical (unpaired) electrons. The molecule has 3 heterocycles. The van der Waals surface area contributed by atoms with Gasteiger partial charge in [-0.25, -0.2) is 13.1 Å². The lowest BCUT2D eigenvalue weighted by Crippen LogP contribution is -2.38. The standard InChI is InChI=1S/C17H17ClN4O4S/c18-11-4-3-5-12(8-11)22-15(13-9-27(25,26)10-14(13)20-22)19-16(23)17(24)21-6-1-2-7-21/h3-5,8H,1-2,6-7,9-10H2,(H,19,23). The summed E-state index contributed by atoms with van der Waals surface area (Å²) in [5, 5.41) is 7.41. The van der Waals surface area contributed by atoms with E-state index in [9.17, 15) is 18.0 Å².